The maximum absolute atomic E-state index is 12.2. The van der Waals surface area contributed by atoms with Crippen molar-refractivity contribution < 1.29 is 14.3 Å². The molecule has 130 valence electrons. The summed E-state index contributed by atoms with van der Waals surface area (Å²) in [5.41, 5.74) is 3.13. The van der Waals surface area contributed by atoms with E-state index >= 15 is 0 Å². The minimum atomic E-state index is -0.279. The largest absolute Gasteiger partial charge is 0.483 e. The minimum absolute atomic E-state index is 0.181. The van der Waals surface area contributed by atoms with E-state index in [4.69, 9.17) is 4.74 Å². The predicted molar refractivity (Wildman–Crippen MR) is 99.0 cm³/mol. The molecule has 2 aromatic rings. The van der Waals surface area contributed by atoms with Gasteiger partial charge in [-0.3, -0.25) is 9.59 Å². The van der Waals surface area contributed by atoms with Gasteiger partial charge in [-0.2, -0.15) is 0 Å². The number of aryl methyl sites for hydroxylation is 2. The Labute approximate surface area is 147 Å². The number of carbonyl (C=O) groups is 2. The van der Waals surface area contributed by atoms with E-state index in [-0.39, 0.29) is 18.4 Å². The molecule has 2 N–H and O–H groups in total. The molecule has 25 heavy (non-hydrogen) atoms. The summed E-state index contributed by atoms with van der Waals surface area (Å²) in [5, 5.41) is 5.55. The second-order valence-electron chi connectivity index (χ2n) is 5.60. The Morgan fingerprint density at radius 1 is 1.08 bits per heavy atom. The van der Waals surface area contributed by atoms with Crippen LogP contribution in [0.25, 0.3) is 0 Å². The van der Waals surface area contributed by atoms with Crippen molar-refractivity contribution in [3.8, 4) is 5.75 Å². The lowest BCUT2D eigenvalue weighted by Crippen LogP contribution is -2.25. The van der Waals surface area contributed by atoms with Gasteiger partial charge >= 0.3 is 0 Å². The highest BCUT2D eigenvalue weighted by molar-refractivity contribution is 5.97. The molecule has 0 atom stereocenters. The van der Waals surface area contributed by atoms with Crippen LogP contribution < -0.4 is 15.4 Å². The van der Waals surface area contributed by atoms with Crippen LogP contribution in [0.5, 0.6) is 5.75 Å². The molecule has 0 spiro atoms. The third-order valence-electron chi connectivity index (χ3n) is 3.64. The molecule has 0 aliphatic rings. The number of nitrogens with one attached hydrogen (secondary N) is 2. The molecular formula is C20H22N2O3. The molecule has 0 unspecified atom stereocenters. The van der Waals surface area contributed by atoms with E-state index in [9.17, 15) is 9.59 Å². The highest BCUT2D eigenvalue weighted by Crippen LogP contribution is 2.20. The summed E-state index contributed by atoms with van der Waals surface area (Å²) >= 11 is 0. The second kappa shape index (κ2) is 8.68. The van der Waals surface area contributed by atoms with Gasteiger partial charge in [0.1, 0.15) is 5.75 Å². The zero-order valence-corrected chi connectivity index (χ0v) is 14.5. The van der Waals surface area contributed by atoms with E-state index < -0.39 is 0 Å². The van der Waals surface area contributed by atoms with Gasteiger partial charge in [-0.15, -0.1) is 6.58 Å². The Kier molecular flexibility index (Phi) is 6.34. The van der Waals surface area contributed by atoms with Gasteiger partial charge in [0, 0.05) is 12.2 Å². The summed E-state index contributed by atoms with van der Waals surface area (Å²) in [6.45, 7) is 7.61. The quantitative estimate of drug-likeness (QED) is 0.762. The lowest BCUT2D eigenvalue weighted by molar-refractivity contribution is -0.118. The molecule has 5 heteroatoms. The van der Waals surface area contributed by atoms with Gasteiger partial charge in [0.2, 0.25) is 0 Å². The third-order valence-corrected chi connectivity index (χ3v) is 3.64. The lowest BCUT2D eigenvalue weighted by atomic mass is 10.1. The molecule has 2 aromatic carbocycles. The molecular weight excluding hydrogens is 316 g/mol. The van der Waals surface area contributed by atoms with Crippen LogP contribution in [0.4, 0.5) is 5.69 Å². The monoisotopic (exact) mass is 338 g/mol. The molecule has 2 amide bonds. The van der Waals surface area contributed by atoms with Crippen molar-refractivity contribution in [2.24, 2.45) is 0 Å². The third kappa shape index (κ3) is 4.94. The van der Waals surface area contributed by atoms with Crippen molar-refractivity contribution in [3.05, 3.63) is 71.8 Å². The Bertz CT molecular complexity index is 764. The first kappa shape index (κ1) is 18.3. The van der Waals surface area contributed by atoms with Crippen LogP contribution >= 0.6 is 0 Å². The SMILES string of the molecule is C=CCNC(=O)c1ccccc1OCC(=O)Nc1c(C)cccc1C. The molecule has 0 aliphatic heterocycles. The molecule has 0 saturated heterocycles. The number of carbonyl (C=O) groups excluding carboxylic acids is 2. The highest BCUT2D eigenvalue weighted by Gasteiger charge is 2.13. The van der Waals surface area contributed by atoms with Crippen molar-refractivity contribution in [1.29, 1.82) is 0 Å². The topological polar surface area (TPSA) is 67.4 Å². The van der Waals surface area contributed by atoms with Gasteiger partial charge in [0.25, 0.3) is 11.8 Å². The summed E-state index contributed by atoms with van der Waals surface area (Å²) < 4.78 is 5.55. The van der Waals surface area contributed by atoms with Crippen LogP contribution in [0.2, 0.25) is 0 Å². The van der Waals surface area contributed by atoms with Gasteiger partial charge < -0.3 is 15.4 Å². The Balaban J connectivity index is 2.03. The van der Waals surface area contributed by atoms with Crippen LogP contribution in [0, 0.1) is 13.8 Å². The van der Waals surface area contributed by atoms with Gasteiger partial charge in [0.15, 0.2) is 6.61 Å². The minimum Gasteiger partial charge on any atom is -0.483 e. The Morgan fingerprint density at radius 3 is 2.44 bits per heavy atom. The molecule has 0 heterocycles. The average molecular weight is 338 g/mol. The number of ether oxygens (including phenoxy) is 1. The van der Waals surface area contributed by atoms with Gasteiger partial charge in [0.05, 0.1) is 5.56 Å². The van der Waals surface area contributed by atoms with E-state index in [1.165, 1.54) is 0 Å². The Hall–Kier alpha value is -3.08. The van der Waals surface area contributed by atoms with E-state index in [1.54, 1.807) is 30.3 Å². The molecule has 0 radical (unpaired) electrons. The maximum atomic E-state index is 12.2. The molecule has 0 saturated carbocycles. The Morgan fingerprint density at radius 2 is 1.76 bits per heavy atom. The normalized spacial score (nSPS) is 10.0. The van der Waals surface area contributed by atoms with Crippen molar-refractivity contribution >= 4 is 17.5 Å². The van der Waals surface area contributed by atoms with Gasteiger partial charge in [-0.25, -0.2) is 0 Å². The average Bonchev–Trinajstić information content (AvgIpc) is 2.61. The smallest absolute Gasteiger partial charge is 0.262 e. The van der Waals surface area contributed by atoms with E-state index in [2.05, 4.69) is 17.2 Å². The van der Waals surface area contributed by atoms with Gasteiger partial charge in [-0.1, -0.05) is 36.4 Å². The summed E-state index contributed by atoms with van der Waals surface area (Å²) in [6, 6.07) is 12.6. The van der Waals surface area contributed by atoms with Gasteiger partial charge in [-0.05, 0) is 37.1 Å². The molecule has 0 bridgehead atoms. The zero-order valence-electron chi connectivity index (χ0n) is 14.5. The fourth-order valence-corrected chi connectivity index (χ4v) is 2.37. The van der Waals surface area contributed by atoms with Crippen LogP contribution in [0.1, 0.15) is 21.5 Å². The van der Waals surface area contributed by atoms with Crippen molar-refractivity contribution in [2.75, 3.05) is 18.5 Å². The number of amides is 2. The summed E-state index contributed by atoms with van der Waals surface area (Å²) in [7, 11) is 0. The number of benzene rings is 2. The summed E-state index contributed by atoms with van der Waals surface area (Å²) in [6.07, 6.45) is 1.60. The van der Waals surface area contributed by atoms with E-state index in [0.717, 1.165) is 16.8 Å². The number of para-hydroxylation sites is 2. The van der Waals surface area contributed by atoms with Crippen molar-refractivity contribution in [1.82, 2.24) is 5.32 Å². The highest BCUT2D eigenvalue weighted by atomic mass is 16.5. The van der Waals surface area contributed by atoms with E-state index in [1.807, 2.05) is 32.0 Å². The summed E-state index contributed by atoms with van der Waals surface area (Å²) in [4.78, 5) is 24.3. The molecule has 2 rings (SSSR count). The molecule has 0 aliphatic carbocycles. The fourth-order valence-electron chi connectivity index (χ4n) is 2.37. The number of anilines is 1. The standard InChI is InChI=1S/C20H22N2O3/c1-4-12-21-20(24)16-10-5-6-11-17(16)25-13-18(23)22-19-14(2)8-7-9-15(19)3/h4-11H,1,12-13H2,2-3H3,(H,21,24)(H,22,23). The van der Waals surface area contributed by atoms with Crippen molar-refractivity contribution in [2.45, 2.75) is 13.8 Å². The zero-order chi connectivity index (χ0) is 18.2. The molecule has 0 aromatic heterocycles. The van der Waals surface area contributed by atoms with Crippen LogP contribution in [0.15, 0.2) is 55.1 Å². The van der Waals surface area contributed by atoms with Crippen LogP contribution in [-0.4, -0.2) is 25.0 Å². The number of hydrogen-bond acceptors (Lipinski definition) is 3. The van der Waals surface area contributed by atoms with Crippen LogP contribution in [-0.2, 0) is 4.79 Å². The number of hydrogen-bond donors (Lipinski definition) is 2. The lowest BCUT2D eigenvalue weighted by Gasteiger charge is -2.13. The van der Waals surface area contributed by atoms with E-state index in [0.29, 0.717) is 17.9 Å². The predicted octanol–water partition coefficient (Wildman–Crippen LogP) is 3.24. The first-order valence-electron chi connectivity index (χ1n) is 8.00. The first-order chi connectivity index (χ1) is 12.0. The first-order valence-corrected chi connectivity index (χ1v) is 8.00. The van der Waals surface area contributed by atoms with Crippen LogP contribution in [0.3, 0.4) is 0 Å². The second-order valence-corrected chi connectivity index (χ2v) is 5.60. The van der Waals surface area contributed by atoms with Crippen molar-refractivity contribution in [3.63, 3.8) is 0 Å². The summed E-state index contributed by atoms with van der Waals surface area (Å²) in [5.74, 6) is -0.190. The molecule has 5 nitrogen and oxygen atoms in total. The fraction of sp³-hybridized carbons (Fsp3) is 0.200. The number of rotatable bonds is 7. The maximum Gasteiger partial charge on any atom is 0.262 e. The molecule has 0 fully saturated rings.